The second-order valence-corrected chi connectivity index (χ2v) is 5.58. The van der Waals surface area contributed by atoms with Crippen LogP contribution in [0.4, 0.5) is 13.2 Å². The van der Waals surface area contributed by atoms with E-state index in [1.807, 2.05) is 32.0 Å². The maximum absolute atomic E-state index is 12.7. The molecule has 0 saturated heterocycles. The third kappa shape index (κ3) is 4.84. The second kappa shape index (κ2) is 6.86. The predicted octanol–water partition coefficient (Wildman–Crippen LogP) is 4.18. The number of nitrogens with one attached hydrogen (secondary N) is 1. The molecule has 0 aromatic heterocycles. The van der Waals surface area contributed by atoms with Crippen molar-refractivity contribution in [3.05, 3.63) is 70.3 Å². The molecule has 0 atom stereocenters. The smallest absolute Gasteiger partial charge is 0.352 e. The van der Waals surface area contributed by atoms with Gasteiger partial charge in [0.15, 0.2) is 0 Å². The van der Waals surface area contributed by atoms with Gasteiger partial charge in [-0.1, -0.05) is 42.0 Å². The Bertz CT molecular complexity index is 708. The minimum atomic E-state index is -4.40. The molecule has 23 heavy (non-hydrogen) atoms. The molecule has 1 N–H and O–H groups in total. The zero-order valence-corrected chi connectivity index (χ0v) is 13.0. The average Bonchev–Trinajstić information content (AvgIpc) is 2.45. The molecule has 2 rings (SSSR count). The molecular weight excluding hydrogens is 303 g/mol. The Morgan fingerprint density at radius 2 is 1.83 bits per heavy atom. The predicted molar refractivity (Wildman–Crippen MR) is 82.9 cm³/mol. The van der Waals surface area contributed by atoms with Gasteiger partial charge in [-0.3, -0.25) is 4.79 Å². The molecule has 0 fully saturated rings. The lowest BCUT2D eigenvalue weighted by Gasteiger charge is -2.10. The first-order valence-electron chi connectivity index (χ1n) is 7.24. The number of carbonyl (C=O) groups excluding carboxylic acids is 1. The fourth-order valence-electron chi connectivity index (χ4n) is 2.34. The monoisotopic (exact) mass is 321 g/mol. The Labute approximate surface area is 133 Å². The number of aryl methyl sites for hydroxylation is 2. The molecule has 1 amide bonds. The highest BCUT2D eigenvalue weighted by molar-refractivity contribution is 5.78. The molecule has 122 valence electrons. The van der Waals surface area contributed by atoms with E-state index in [1.54, 1.807) is 0 Å². The van der Waals surface area contributed by atoms with Crippen molar-refractivity contribution in [1.82, 2.24) is 5.32 Å². The summed E-state index contributed by atoms with van der Waals surface area (Å²) in [5.74, 6) is -0.302. The minimum absolute atomic E-state index is 0.0746. The lowest BCUT2D eigenvalue weighted by atomic mass is 10.1. The Kier molecular flexibility index (Phi) is 5.08. The number of alkyl halides is 3. The van der Waals surface area contributed by atoms with Crippen LogP contribution in [0.25, 0.3) is 0 Å². The van der Waals surface area contributed by atoms with Crippen molar-refractivity contribution in [3.63, 3.8) is 0 Å². The molecule has 0 bridgehead atoms. The summed E-state index contributed by atoms with van der Waals surface area (Å²) in [4.78, 5) is 11.9. The minimum Gasteiger partial charge on any atom is -0.352 e. The van der Waals surface area contributed by atoms with Gasteiger partial charge >= 0.3 is 6.18 Å². The van der Waals surface area contributed by atoms with Gasteiger partial charge in [-0.2, -0.15) is 13.2 Å². The van der Waals surface area contributed by atoms with Crippen LogP contribution in [-0.2, 0) is 23.9 Å². The van der Waals surface area contributed by atoms with Gasteiger partial charge in [0, 0.05) is 6.54 Å². The Balaban J connectivity index is 1.97. The van der Waals surface area contributed by atoms with Crippen LogP contribution in [0.2, 0.25) is 0 Å². The number of carbonyl (C=O) groups is 1. The van der Waals surface area contributed by atoms with Crippen LogP contribution in [0.5, 0.6) is 0 Å². The third-order valence-corrected chi connectivity index (χ3v) is 3.59. The standard InChI is InChI=1S/C18H18F3NO/c1-12-6-7-15(13(2)8-12)11-22-17(23)10-14-4-3-5-16(9-14)18(19,20)21/h3-9H,10-11H2,1-2H3,(H,22,23). The van der Waals surface area contributed by atoms with E-state index in [9.17, 15) is 18.0 Å². The van der Waals surface area contributed by atoms with Crippen LogP contribution < -0.4 is 5.32 Å². The van der Waals surface area contributed by atoms with Crippen LogP contribution in [0, 0.1) is 13.8 Å². The highest BCUT2D eigenvalue weighted by Crippen LogP contribution is 2.29. The molecule has 2 aromatic carbocycles. The Morgan fingerprint density at radius 3 is 2.48 bits per heavy atom. The van der Waals surface area contributed by atoms with Gasteiger partial charge in [0.05, 0.1) is 12.0 Å². The van der Waals surface area contributed by atoms with Crippen molar-refractivity contribution >= 4 is 5.91 Å². The first-order valence-corrected chi connectivity index (χ1v) is 7.24. The molecule has 0 aliphatic heterocycles. The van der Waals surface area contributed by atoms with E-state index in [0.717, 1.165) is 28.8 Å². The molecule has 0 aliphatic carbocycles. The van der Waals surface area contributed by atoms with Crippen LogP contribution >= 0.6 is 0 Å². The van der Waals surface area contributed by atoms with Crippen molar-refractivity contribution < 1.29 is 18.0 Å². The van der Waals surface area contributed by atoms with Gasteiger partial charge < -0.3 is 5.32 Å². The number of amides is 1. The van der Waals surface area contributed by atoms with Gasteiger partial charge in [-0.15, -0.1) is 0 Å². The fraction of sp³-hybridized carbons (Fsp3) is 0.278. The number of benzene rings is 2. The molecule has 0 aliphatic rings. The summed E-state index contributed by atoms with van der Waals surface area (Å²) in [6.45, 7) is 4.31. The van der Waals surface area contributed by atoms with Crippen LogP contribution in [0.3, 0.4) is 0 Å². The highest BCUT2D eigenvalue weighted by atomic mass is 19.4. The summed E-state index contributed by atoms with van der Waals surface area (Å²) in [7, 11) is 0. The molecule has 0 spiro atoms. The summed E-state index contributed by atoms with van der Waals surface area (Å²) in [5, 5.41) is 2.75. The molecule has 0 unspecified atom stereocenters. The summed E-state index contributed by atoms with van der Waals surface area (Å²) in [5.41, 5.74) is 2.81. The largest absolute Gasteiger partial charge is 0.416 e. The van der Waals surface area contributed by atoms with Gasteiger partial charge in [0.25, 0.3) is 0 Å². The first-order chi connectivity index (χ1) is 10.8. The number of hydrogen-bond acceptors (Lipinski definition) is 1. The molecule has 5 heteroatoms. The lowest BCUT2D eigenvalue weighted by molar-refractivity contribution is -0.137. The van der Waals surface area contributed by atoms with Crippen molar-refractivity contribution in [2.75, 3.05) is 0 Å². The maximum Gasteiger partial charge on any atom is 0.416 e. The number of rotatable bonds is 4. The summed E-state index contributed by atoms with van der Waals surface area (Å²) in [6, 6.07) is 10.8. The van der Waals surface area contributed by atoms with E-state index >= 15 is 0 Å². The normalized spacial score (nSPS) is 11.3. The molecular formula is C18H18F3NO. The van der Waals surface area contributed by atoms with E-state index in [1.165, 1.54) is 12.1 Å². The fourth-order valence-corrected chi connectivity index (χ4v) is 2.34. The van der Waals surface area contributed by atoms with E-state index in [-0.39, 0.29) is 12.3 Å². The third-order valence-electron chi connectivity index (χ3n) is 3.59. The lowest BCUT2D eigenvalue weighted by Crippen LogP contribution is -2.25. The highest BCUT2D eigenvalue weighted by Gasteiger charge is 2.30. The zero-order chi connectivity index (χ0) is 17.0. The van der Waals surface area contributed by atoms with Crippen molar-refractivity contribution in [2.45, 2.75) is 33.0 Å². The van der Waals surface area contributed by atoms with Crippen LogP contribution in [0.15, 0.2) is 42.5 Å². The summed E-state index contributed by atoms with van der Waals surface area (Å²) < 4.78 is 38.0. The number of hydrogen-bond donors (Lipinski definition) is 1. The molecule has 2 nitrogen and oxygen atoms in total. The second-order valence-electron chi connectivity index (χ2n) is 5.58. The maximum atomic E-state index is 12.7. The Hall–Kier alpha value is -2.30. The van der Waals surface area contributed by atoms with Crippen molar-refractivity contribution in [1.29, 1.82) is 0 Å². The van der Waals surface area contributed by atoms with E-state index in [4.69, 9.17) is 0 Å². The molecule has 0 saturated carbocycles. The van der Waals surface area contributed by atoms with E-state index in [2.05, 4.69) is 5.32 Å². The average molecular weight is 321 g/mol. The van der Waals surface area contributed by atoms with E-state index in [0.29, 0.717) is 12.1 Å². The Morgan fingerprint density at radius 1 is 1.09 bits per heavy atom. The van der Waals surface area contributed by atoms with Gasteiger partial charge in [0.1, 0.15) is 0 Å². The topological polar surface area (TPSA) is 29.1 Å². The molecule has 0 heterocycles. The SMILES string of the molecule is Cc1ccc(CNC(=O)Cc2cccc(C(F)(F)F)c2)c(C)c1. The quantitative estimate of drug-likeness (QED) is 0.899. The zero-order valence-electron chi connectivity index (χ0n) is 13.0. The van der Waals surface area contributed by atoms with Crippen LogP contribution in [0.1, 0.15) is 27.8 Å². The van der Waals surface area contributed by atoms with Gasteiger partial charge in [-0.25, -0.2) is 0 Å². The number of halogens is 3. The van der Waals surface area contributed by atoms with Crippen LogP contribution in [-0.4, -0.2) is 5.91 Å². The van der Waals surface area contributed by atoms with Crippen molar-refractivity contribution in [2.24, 2.45) is 0 Å². The molecule has 2 aromatic rings. The van der Waals surface area contributed by atoms with E-state index < -0.39 is 11.7 Å². The van der Waals surface area contributed by atoms with Gasteiger partial charge in [-0.05, 0) is 36.6 Å². The van der Waals surface area contributed by atoms with Gasteiger partial charge in [0.2, 0.25) is 5.91 Å². The molecule has 0 radical (unpaired) electrons. The van der Waals surface area contributed by atoms with Crippen molar-refractivity contribution in [3.8, 4) is 0 Å². The summed E-state index contributed by atoms with van der Waals surface area (Å²) in [6.07, 6.45) is -4.47. The summed E-state index contributed by atoms with van der Waals surface area (Å²) >= 11 is 0. The first kappa shape index (κ1) is 17.1.